The maximum Gasteiger partial charge on any atom is 0.323 e. The van der Waals surface area contributed by atoms with E-state index in [1.54, 1.807) is 47.7 Å². The van der Waals surface area contributed by atoms with E-state index in [1.807, 2.05) is 43.3 Å². The van der Waals surface area contributed by atoms with Crippen LogP contribution in [0.2, 0.25) is 0 Å². The van der Waals surface area contributed by atoms with Crippen molar-refractivity contribution in [3.8, 4) is 5.75 Å². The minimum absolute atomic E-state index is 0.0639. The van der Waals surface area contributed by atoms with Gasteiger partial charge >= 0.3 is 6.03 Å². The third kappa shape index (κ3) is 6.25. The van der Waals surface area contributed by atoms with Gasteiger partial charge in [-0.15, -0.1) is 0 Å². The number of carbonyl (C=O) groups excluding carboxylic acids is 2. The van der Waals surface area contributed by atoms with Gasteiger partial charge in [-0.25, -0.2) is 18.2 Å². The van der Waals surface area contributed by atoms with Crippen LogP contribution in [0.5, 0.6) is 5.75 Å². The minimum Gasteiger partial charge on any atom is -0.486 e. The van der Waals surface area contributed by atoms with Crippen molar-refractivity contribution >= 4 is 44.1 Å². The van der Waals surface area contributed by atoms with Crippen LogP contribution in [-0.2, 0) is 17.1 Å². The Morgan fingerprint density at radius 3 is 2.52 bits per heavy atom. The number of nitrogens with zero attached hydrogens (tertiary/aromatic N) is 4. The third-order valence-electron chi connectivity index (χ3n) is 7.77. The smallest absolute Gasteiger partial charge is 0.323 e. The molecule has 4 aromatic rings. The molecular weight excluding hydrogens is 584 g/mol. The summed E-state index contributed by atoms with van der Waals surface area (Å²) in [6, 6.07) is 17.0. The van der Waals surface area contributed by atoms with Crippen LogP contribution in [0.1, 0.15) is 24.2 Å². The molecule has 3 unspecified atom stereocenters. The molecule has 3 N–H and O–H groups in total. The average Bonchev–Trinajstić information content (AvgIpc) is 3.46. The molecule has 232 valence electrons. The number of anilines is 2. The molecule has 2 heterocycles. The van der Waals surface area contributed by atoms with E-state index in [0.717, 1.165) is 10.8 Å². The number of imidazole rings is 1. The van der Waals surface area contributed by atoms with Crippen molar-refractivity contribution in [2.24, 2.45) is 13.0 Å². The zero-order valence-corrected chi connectivity index (χ0v) is 25.8. The molecule has 0 radical (unpaired) electrons. The number of rotatable bonds is 8. The third-order valence-corrected chi connectivity index (χ3v) is 9.48. The fourth-order valence-corrected chi connectivity index (χ4v) is 6.35. The summed E-state index contributed by atoms with van der Waals surface area (Å²) in [7, 11) is -0.818. The number of hydrogen-bond acceptors (Lipinski definition) is 7. The molecule has 12 nitrogen and oxygen atoms in total. The first-order valence-electron chi connectivity index (χ1n) is 14.2. The summed E-state index contributed by atoms with van der Waals surface area (Å²) in [5, 5.41) is 17.4. The van der Waals surface area contributed by atoms with Gasteiger partial charge < -0.3 is 29.9 Å². The van der Waals surface area contributed by atoms with Crippen LogP contribution in [0, 0.1) is 5.92 Å². The normalized spacial score (nSPS) is 17.9. The lowest BCUT2D eigenvalue weighted by molar-refractivity contribution is 0.0389. The van der Waals surface area contributed by atoms with Crippen LogP contribution in [-0.4, -0.2) is 83.1 Å². The van der Waals surface area contributed by atoms with E-state index in [2.05, 4.69) is 15.6 Å². The van der Waals surface area contributed by atoms with Crippen LogP contribution in [0.3, 0.4) is 0 Å². The van der Waals surface area contributed by atoms with Gasteiger partial charge in [0, 0.05) is 38.1 Å². The zero-order valence-electron chi connectivity index (χ0n) is 25.0. The Kier molecular flexibility index (Phi) is 8.90. The van der Waals surface area contributed by atoms with Gasteiger partial charge in [0.25, 0.3) is 15.9 Å². The number of aromatic nitrogens is 2. The second-order valence-corrected chi connectivity index (χ2v) is 13.1. The molecule has 0 fully saturated rings. The van der Waals surface area contributed by atoms with E-state index < -0.39 is 28.2 Å². The lowest BCUT2D eigenvalue weighted by atomic mass is 9.99. The zero-order chi connectivity index (χ0) is 31.6. The molecule has 3 atom stereocenters. The Hall–Kier alpha value is -4.46. The molecule has 0 saturated heterocycles. The number of aliphatic hydroxyl groups excluding tert-OH is 1. The number of likely N-dealkylation sites (N-methyl/N-ethyl adjacent to an activating group) is 1. The van der Waals surface area contributed by atoms with E-state index >= 15 is 0 Å². The molecule has 3 aromatic carbocycles. The summed E-state index contributed by atoms with van der Waals surface area (Å²) < 4.78 is 35.8. The molecule has 3 amide bonds. The lowest BCUT2D eigenvalue weighted by Crippen LogP contribution is -2.50. The van der Waals surface area contributed by atoms with E-state index in [4.69, 9.17) is 4.74 Å². The van der Waals surface area contributed by atoms with Gasteiger partial charge in [0.05, 0.1) is 42.5 Å². The first-order chi connectivity index (χ1) is 21.0. The number of aliphatic hydroxyl groups is 1. The van der Waals surface area contributed by atoms with Gasteiger partial charge in [-0.05, 0) is 30.5 Å². The summed E-state index contributed by atoms with van der Waals surface area (Å²) in [5.41, 5.74) is 1.02. The highest BCUT2D eigenvalue weighted by atomic mass is 32.2. The van der Waals surface area contributed by atoms with Crippen LogP contribution >= 0.6 is 0 Å². The Labute approximate surface area is 256 Å². The van der Waals surface area contributed by atoms with E-state index in [0.29, 0.717) is 5.69 Å². The Morgan fingerprint density at radius 2 is 1.80 bits per heavy atom. The van der Waals surface area contributed by atoms with Crippen molar-refractivity contribution in [2.45, 2.75) is 31.0 Å². The molecule has 0 spiro atoms. The van der Waals surface area contributed by atoms with Crippen molar-refractivity contribution in [3.05, 3.63) is 78.8 Å². The number of aryl methyl sites for hydroxylation is 1. The number of carbonyl (C=O) groups is 2. The maximum absolute atomic E-state index is 13.8. The summed E-state index contributed by atoms with van der Waals surface area (Å²) >= 11 is 0. The molecule has 1 aliphatic rings. The molecule has 1 aromatic heterocycles. The molecule has 0 saturated carbocycles. The van der Waals surface area contributed by atoms with Crippen LogP contribution in [0.4, 0.5) is 16.2 Å². The number of sulfonamides is 1. The fourth-order valence-electron chi connectivity index (χ4n) is 5.20. The summed E-state index contributed by atoms with van der Waals surface area (Å²) in [6.07, 6.45) is 2.10. The van der Waals surface area contributed by atoms with E-state index in [1.165, 1.54) is 23.9 Å². The number of amides is 3. The predicted octanol–water partition coefficient (Wildman–Crippen LogP) is 3.76. The molecular formula is C31H36N6O6S. The minimum atomic E-state index is -3.95. The molecule has 1 aliphatic heterocycles. The predicted molar refractivity (Wildman–Crippen MR) is 167 cm³/mol. The van der Waals surface area contributed by atoms with Crippen molar-refractivity contribution in [3.63, 3.8) is 0 Å². The van der Waals surface area contributed by atoms with Gasteiger partial charge in [-0.1, -0.05) is 49.4 Å². The van der Waals surface area contributed by atoms with Crippen molar-refractivity contribution in [1.82, 2.24) is 18.8 Å². The monoisotopic (exact) mass is 620 g/mol. The number of urea groups is 1. The maximum atomic E-state index is 13.8. The second-order valence-electron chi connectivity index (χ2n) is 11.1. The van der Waals surface area contributed by atoms with Crippen molar-refractivity contribution in [1.29, 1.82) is 0 Å². The highest BCUT2D eigenvalue weighted by Crippen LogP contribution is 2.35. The summed E-state index contributed by atoms with van der Waals surface area (Å²) in [4.78, 5) is 32.6. The van der Waals surface area contributed by atoms with Crippen molar-refractivity contribution < 1.29 is 27.9 Å². The molecule has 0 bridgehead atoms. The first-order valence-corrected chi connectivity index (χ1v) is 15.6. The standard InChI is InChI=1S/C31H36N6O6S/c1-20-15-37(21(2)18-38)30(39)24-12-8-14-26(34-31(40)33-25-13-7-10-22-9-5-6-11-23(22)25)29(24)43-27(20)16-36(4)44(41,42)28-17-35(3)19-32-28/h5-14,17,19-21,27,38H,15-16,18H2,1-4H3,(H2,33,34,40). The van der Waals surface area contributed by atoms with Crippen LogP contribution < -0.4 is 15.4 Å². The van der Waals surface area contributed by atoms with Gasteiger partial charge in [-0.2, -0.15) is 4.31 Å². The number of ether oxygens (including phenoxy) is 1. The van der Waals surface area contributed by atoms with Crippen LogP contribution in [0.15, 0.2) is 78.2 Å². The van der Waals surface area contributed by atoms with Gasteiger partial charge in [0.1, 0.15) is 6.10 Å². The first kappa shape index (κ1) is 31.0. The number of nitrogens with one attached hydrogen (secondary N) is 2. The average molecular weight is 621 g/mol. The number of fused-ring (bicyclic) bond motifs is 2. The van der Waals surface area contributed by atoms with Gasteiger partial charge in [0.2, 0.25) is 0 Å². The number of para-hydroxylation sites is 1. The van der Waals surface area contributed by atoms with E-state index in [9.17, 15) is 23.1 Å². The molecule has 0 aliphatic carbocycles. The van der Waals surface area contributed by atoms with Gasteiger partial charge in [-0.3, -0.25) is 4.79 Å². The lowest BCUT2D eigenvalue weighted by Gasteiger charge is -2.38. The van der Waals surface area contributed by atoms with E-state index in [-0.39, 0.29) is 53.5 Å². The van der Waals surface area contributed by atoms with Crippen molar-refractivity contribution in [2.75, 3.05) is 37.4 Å². The fraction of sp³-hybridized carbons (Fsp3) is 0.323. The van der Waals surface area contributed by atoms with Gasteiger partial charge in [0.15, 0.2) is 10.8 Å². The quantitative estimate of drug-likeness (QED) is 0.272. The Bertz CT molecular complexity index is 1790. The molecule has 13 heteroatoms. The highest BCUT2D eigenvalue weighted by molar-refractivity contribution is 7.89. The Morgan fingerprint density at radius 1 is 1.11 bits per heavy atom. The highest BCUT2D eigenvalue weighted by Gasteiger charge is 2.36. The summed E-state index contributed by atoms with van der Waals surface area (Å²) in [6.45, 7) is 3.47. The molecule has 5 rings (SSSR count). The SMILES string of the molecule is CC1CN(C(C)CO)C(=O)c2cccc(NC(=O)Nc3cccc4ccccc34)c2OC1CN(C)S(=O)(=O)c1cn(C)cn1. The molecule has 44 heavy (non-hydrogen) atoms. The number of benzene rings is 3. The summed E-state index contributed by atoms with van der Waals surface area (Å²) in [5.74, 6) is -0.625. The Balaban J connectivity index is 1.48. The topological polar surface area (TPSA) is 146 Å². The van der Waals surface area contributed by atoms with Crippen LogP contribution in [0.25, 0.3) is 10.8 Å². The largest absolute Gasteiger partial charge is 0.486 e. The number of hydrogen-bond donors (Lipinski definition) is 3. The second kappa shape index (κ2) is 12.6.